The summed E-state index contributed by atoms with van der Waals surface area (Å²) in [5.74, 6) is 0.469. The zero-order valence-corrected chi connectivity index (χ0v) is 11.2. The summed E-state index contributed by atoms with van der Waals surface area (Å²) in [4.78, 5) is 12.1. The molecule has 20 heavy (non-hydrogen) atoms. The molecule has 2 rings (SSSR count). The van der Waals surface area contributed by atoms with Gasteiger partial charge in [0.15, 0.2) is 0 Å². The van der Waals surface area contributed by atoms with Crippen LogP contribution in [0.1, 0.15) is 10.4 Å². The molecule has 0 aliphatic carbocycles. The van der Waals surface area contributed by atoms with E-state index in [2.05, 4.69) is 5.32 Å². The summed E-state index contributed by atoms with van der Waals surface area (Å²) in [6.07, 6.45) is 0. The number of para-hydroxylation sites is 2. The maximum atomic E-state index is 12.1. The molecule has 0 saturated carbocycles. The smallest absolute Gasteiger partial charge is 0.259 e. The summed E-state index contributed by atoms with van der Waals surface area (Å²) in [5, 5.41) is 12.5. The first-order valence-corrected chi connectivity index (χ1v) is 5.97. The Morgan fingerprint density at radius 2 is 1.85 bits per heavy atom. The van der Waals surface area contributed by atoms with Crippen LogP contribution in [0.15, 0.2) is 42.5 Å². The van der Waals surface area contributed by atoms with Crippen LogP contribution in [-0.2, 0) is 0 Å². The van der Waals surface area contributed by atoms with Crippen molar-refractivity contribution in [3.63, 3.8) is 0 Å². The van der Waals surface area contributed by atoms with Crippen molar-refractivity contribution in [1.82, 2.24) is 0 Å². The molecule has 0 fully saturated rings. The van der Waals surface area contributed by atoms with Gasteiger partial charge in [-0.15, -0.1) is 0 Å². The van der Waals surface area contributed by atoms with E-state index < -0.39 is 5.91 Å². The molecule has 2 N–H and O–H groups in total. The Labute approximate surface area is 116 Å². The molecule has 0 unspecified atom stereocenters. The molecule has 0 aromatic heterocycles. The van der Waals surface area contributed by atoms with Gasteiger partial charge >= 0.3 is 0 Å². The van der Waals surface area contributed by atoms with E-state index in [-0.39, 0.29) is 11.3 Å². The standard InChI is InChI=1S/C15H15NO4/c1-19-10-7-8-11(13(17)9-10)15(18)16-12-5-3-4-6-14(12)20-2/h3-9,17H,1-2H3,(H,16,18). The Hall–Kier alpha value is -2.69. The van der Waals surface area contributed by atoms with E-state index in [0.717, 1.165) is 0 Å². The van der Waals surface area contributed by atoms with Crippen molar-refractivity contribution < 1.29 is 19.4 Å². The van der Waals surface area contributed by atoms with Crippen LogP contribution in [0.3, 0.4) is 0 Å². The van der Waals surface area contributed by atoms with E-state index in [0.29, 0.717) is 17.2 Å². The molecule has 0 aliphatic rings. The number of carbonyl (C=O) groups is 1. The summed E-state index contributed by atoms with van der Waals surface area (Å²) in [7, 11) is 3.01. The second-order valence-electron chi connectivity index (χ2n) is 4.04. The second-order valence-corrected chi connectivity index (χ2v) is 4.04. The average Bonchev–Trinajstić information content (AvgIpc) is 2.47. The van der Waals surface area contributed by atoms with Crippen molar-refractivity contribution in [1.29, 1.82) is 0 Å². The molecule has 0 saturated heterocycles. The molecule has 2 aromatic rings. The van der Waals surface area contributed by atoms with Gasteiger partial charge in [0.2, 0.25) is 0 Å². The lowest BCUT2D eigenvalue weighted by atomic mass is 10.1. The molecule has 0 radical (unpaired) electrons. The summed E-state index contributed by atoms with van der Waals surface area (Å²) in [6.45, 7) is 0. The van der Waals surface area contributed by atoms with Gasteiger partial charge in [0.1, 0.15) is 17.2 Å². The number of aromatic hydroxyl groups is 1. The molecule has 0 spiro atoms. The number of methoxy groups -OCH3 is 2. The van der Waals surface area contributed by atoms with E-state index in [1.807, 2.05) is 0 Å². The van der Waals surface area contributed by atoms with Gasteiger partial charge in [-0.2, -0.15) is 0 Å². The predicted molar refractivity (Wildman–Crippen MR) is 75.6 cm³/mol. The van der Waals surface area contributed by atoms with Crippen molar-refractivity contribution in [2.75, 3.05) is 19.5 Å². The van der Waals surface area contributed by atoms with Crippen LogP contribution in [0.5, 0.6) is 17.2 Å². The molecule has 1 amide bonds. The first kappa shape index (κ1) is 13.7. The Kier molecular flexibility index (Phi) is 4.10. The van der Waals surface area contributed by atoms with Crippen LogP contribution in [0.4, 0.5) is 5.69 Å². The fourth-order valence-corrected chi connectivity index (χ4v) is 1.77. The van der Waals surface area contributed by atoms with Crippen molar-refractivity contribution in [3.8, 4) is 17.2 Å². The van der Waals surface area contributed by atoms with E-state index in [4.69, 9.17) is 9.47 Å². The number of hydrogen-bond acceptors (Lipinski definition) is 4. The monoisotopic (exact) mass is 273 g/mol. The quantitative estimate of drug-likeness (QED) is 0.898. The zero-order chi connectivity index (χ0) is 14.5. The van der Waals surface area contributed by atoms with Gasteiger partial charge < -0.3 is 19.9 Å². The van der Waals surface area contributed by atoms with E-state index in [1.54, 1.807) is 30.3 Å². The number of rotatable bonds is 4. The highest BCUT2D eigenvalue weighted by molar-refractivity contribution is 6.06. The number of carbonyl (C=O) groups excluding carboxylic acids is 1. The Bertz CT molecular complexity index is 625. The highest BCUT2D eigenvalue weighted by atomic mass is 16.5. The molecule has 0 bridgehead atoms. The average molecular weight is 273 g/mol. The van der Waals surface area contributed by atoms with E-state index in [9.17, 15) is 9.90 Å². The molecule has 5 heteroatoms. The third-order valence-electron chi connectivity index (χ3n) is 2.80. The number of phenolic OH excluding ortho intramolecular Hbond substituents is 1. The van der Waals surface area contributed by atoms with E-state index >= 15 is 0 Å². The van der Waals surface area contributed by atoms with Gasteiger partial charge in [-0.1, -0.05) is 12.1 Å². The van der Waals surface area contributed by atoms with Crippen LogP contribution in [-0.4, -0.2) is 25.2 Å². The summed E-state index contributed by atoms with van der Waals surface area (Å²) in [6, 6.07) is 11.5. The number of ether oxygens (including phenoxy) is 2. The lowest BCUT2D eigenvalue weighted by Gasteiger charge is -2.11. The van der Waals surface area contributed by atoms with Crippen LogP contribution >= 0.6 is 0 Å². The maximum Gasteiger partial charge on any atom is 0.259 e. The molecule has 0 heterocycles. The lowest BCUT2D eigenvalue weighted by Crippen LogP contribution is -2.12. The first-order chi connectivity index (χ1) is 9.65. The SMILES string of the molecule is COc1ccc(C(=O)Nc2ccccc2OC)c(O)c1. The van der Waals surface area contributed by atoms with E-state index in [1.165, 1.54) is 26.4 Å². The predicted octanol–water partition coefficient (Wildman–Crippen LogP) is 2.66. The molecule has 0 atom stereocenters. The van der Waals surface area contributed by atoms with Crippen LogP contribution in [0.25, 0.3) is 0 Å². The summed E-state index contributed by atoms with van der Waals surface area (Å²) in [5.41, 5.74) is 0.701. The maximum absolute atomic E-state index is 12.1. The van der Waals surface area contributed by atoms with Crippen LogP contribution < -0.4 is 14.8 Å². The van der Waals surface area contributed by atoms with Crippen molar-refractivity contribution >= 4 is 11.6 Å². The van der Waals surface area contributed by atoms with Gasteiger partial charge in [0.25, 0.3) is 5.91 Å². The van der Waals surface area contributed by atoms with Gasteiger partial charge in [0.05, 0.1) is 25.5 Å². The molecular weight excluding hydrogens is 258 g/mol. The minimum Gasteiger partial charge on any atom is -0.507 e. The summed E-state index contributed by atoms with van der Waals surface area (Å²) >= 11 is 0. The number of nitrogens with one attached hydrogen (secondary N) is 1. The Morgan fingerprint density at radius 1 is 1.10 bits per heavy atom. The zero-order valence-electron chi connectivity index (χ0n) is 11.2. The molecular formula is C15H15NO4. The normalized spacial score (nSPS) is 9.90. The van der Waals surface area contributed by atoms with Gasteiger partial charge in [-0.25, -0.2) is 0 Å². The van der Waals surface area contributed by atoms with Gasteiger partial charge in [-0.3, -0.25) is 4.79 Å². The molecule has 2 aromatic carbocycles. The van der Waals surface area contributed by atoms with Gasteiger partial charge in [-0.05, 0) is 24.3 Å². The highest BCUT2D eigenvalue weighted by Gasteiger charge is 2.13. The first-order valence-electron chi connectivity index (χ1n) is 5.97. The number of amides is 1. The second kappa shape index (κ2) is 5.97. The fraction of sp³-hybridized carbons (Fsp3) is 0.133. The minimum absolute atomic E-state index is 0.142. The Morgan fingerprint density at radius 3 is 2.50 bits per heavy atom. The largest absolute Gasteiger partial charge is 0.507 e. The molecule has 5 nitrogen and oxygen atoms in total. The van der Waals surface area contributed by atoms with Crippen molar-refractivity contribution in [2.24, 2.45) is 0 Å². The van der Waals surface area contributed by atoms with Crippen LogP contribution in [0, 0.1) is 0 Å². The van der Waals surface area contributed by atoms with Crippen molar-refractivity contribution in [3.05, 3.63) is 48.0 Å². The summed E-state index contributed by atoms with van der Waals surface area (Å²) < 4.78 is 10.1. The van der Waals surface area contributed by atoms with Crippen LogP contribution in [0.2, 0.25) is 0 Å². The topological polar surface area (TPSA) is 67.8 Å². The third-order valence-corrected chi connectivity index (χ3v) is 2.80. The third kappa shape index (κ3) is 2.83. The molecule has 0 aliphatic heterocycles. The number of benzene rings is 2. The number of hydrogen-bond donors (Lipinski definition) is 2. The highest BCUT2D eigenvalue weighted by Crippen LogP contribution is 2.27. The number of phenols is 1. The lowest BCUT2D eigenvalue weighted by molar-refractivity contribution is 0.102. The van der Waals surface area contributed by atoms with Crippen molar-refractivity contribution in [2.45, 2.75) is 0 Å². The Balaban J connectivity index is 2.24. The fourth-order valence-electron chi connectivity index (χ4n) is 1.77. The molecule has 104 valence electrons. The number of anilines is 1. The van der Waals surface area contributed by atoms with Gasteiger partial charge in [0, 0.05) is 6.07 Å². The minimum atomic E-state index is -0.422.